The van der Waals surface area contributed by atoms with E-state index >= 15 is 0 Å². The van der Waals surface area contributed by atoms with Gasteiger partial charge in [-0.1, -0.05) is 23.5 Å². The van der Waals surface area contributed by atoms with E-state index in [0.29, 0.717) is 31.1 Å². The van der Waals surface area contributed by atoms with Crippen LogP contribution in [-0.4, -0.2) is 41.9 Å². The Labute approximate surface area is 162 Å². The molecule has 142 valence electrons. The number of hydrogen-bond acceptors (Lipinski definition) is 6. The van der Waals surface area contributed by atoms with Gasteiger partial charge in [0, 0.05) is 25.5 Å². The average Bonchev–Trinajstić information content (AvgIpc) is 3.11. The molecule has 4 rings (SSSR count). The van der Waals surface area contributed by atoms with E-state index in [-0.39, 0.29) is 11.0 Å². The molecule has 3 heterocycles. The van der Waals surface area contributed by atoms with E-state index in [0.717, 1.165) is 15.8 Å². The fourth-order valence-corrected chi connectivity index (χ4v) is 5.73. The summed E-state index contributed by atoms with van der Waals surface area (Å²) < 4.78 is 34.1. The van der Waals surface area contributed by atoms with Crippen LogP contribution in [-0.2, 0) is 10.0 Å². The maximum Gasteiger partial charge on any atom is 0.274 e. The highest BCUT2D eigenvalue weighted by molar-refractivity contribution is 7.89. The van der Waals surface area contributed by atoms with Crippen LogP contribution in [0.4, 0.5) is 0 Å². The number of hydrogen-bond donors (Lipinski definition) is 0. The van der Waals surface area contributed by atoms with Gasteiger partial charge in [0.25, 0.3) is 5.19 Å². The first-order valence-electron chi connectivity index (χ1n) is 8.89. The summed E-state index contributed by atoms with van der Waals surface area (Å²) in [6, 6.07) is 7.39. The van der Waals surface area contributed by atoms with Crippen molar-refractivity contribution in [3.05, 3.63) is 47.8 Å². The van der Waals surface area contributed by atoms with Crippen molar-refractivity contribution in [2.24, 2.45) is 0 Å². The Hall–Kier alpha value is -2.03. The van der Waals surface area contributed by atoms with Gasteiger partial charge in [-0.2, -0.15) is 4.31 Å². The van der Waals surface area contributed by atoms with Crippen LogP contribution in [0.25, 0.3) is 10.2 Å². The highest BCUT2D eigenvalue weighted by atomic mass is 32.2. The Morgan fingerprint density at radius 3 is 2.56 bits per heavy atom. The first-order valence-corrected chi connectivity index (χ1v) is 11.1. The molecule has 0 bridgehead atoms. The van der Waals surface area contributed by atoms with Crippen LogP contribution in [0.5, 0.6) is 5.19 Å². The average molecular weight is 404 g/mol. The molecule has 8 heteroatoms. The van der Waals surface area contributed by atoms with Gasteiger partial charge >= 0.3 is 0 Å². The third kappa shape index (κ3) is 3.56. The van der Waals surface area contributed by atoms with Crippen LogP contribution in [0.3, 0.4) is 0 Å². The second-order valence-corrected chi connectivity index (χ2v) is 9.67. The highest BCUT2D eigenvalue weighted by Gasteiger charge is 2.30. The van der Waals surface area contributed by atoms with E-state index in [4.69, 9.17) is 4.74 Å². The number of aromatic nitrogens is 2. The van der Waals surface area contributed by atoms with Gasteiger partial charge in [-0.3, -0.25) is 4.98 Å². The zero-order chi connectivity index (χ0) is 19.0. The van der Waals surface area contributed by atoms with E-state index in [1.807, 2.05) is 6.92 Å². The number of piperidine rings is 1. The minimum absolute atomic E-state index is 0.0217. The van der Waals surface area contributed by atoms with E-state index in [1.54, 1.807) is 29.7 Å². The van der Waals surface area contributed by atoms with E-state index in [1.165, 1.54) is 16.1 Å². The number of ether oxygens (including phenoxy) is 1. The summed E-state index contributed by atoms with van der Waals surface area (Å²) in [5.74, 6) is 0. The molecule has 27 heavy (non-hydrogen) atoms. The van der Waals surface area contributed by atoms with Gasteiger partial charge in [-0.05, 0) is 49.9 Å². The van der Waals surface area contributed by atoms with E-state index < -0.39 is 10.0 Å². The largest absolute Gasteiger partial charge is 0.467 e. The van der Waals surface area contributed by atoms with Crippen LogP contribution < -0.4 is 4.74 Å². The zero-order valence-electron chi connectivity index (χ0n) is 15.3. The first-order chi connectivity index (χ1) is 12.9. The summed E-state index contributed by atoms with van der Waals surface area (Å²) in [6.07, 6.45) is 4.23. The lowest BCUT2D eigenvalue weighted by Crippen LogP contribution is -2.41. The summed E-state index contributed by atoms with van der Waals surface area (Å²) in [4.78, 5) is 8.79. The molecule has 0 atom stereocenters. The molecular formula is C19H21N3O3S2. The van der Waals surface area contributed by atoms with Crippen molar-refractivity contribution in [1.82, 2.24) is 14.3 Å². The van der Waals surface area contributed by atoms with Crippen LogP contribution in [0, 0.1) is 13.8 Å². The van der Waals surface area contributed by atoms with Crippen molar-refractivity contribution in [3.8, 4) is 5.19 Å². The third-order valence-electron chi connectivity index (χ3n) is 4.86. The number of thiazole rings is 1. The molecule has 1 aromatic carbocycles. The second kappa shape index (κ2) is 7.18. The molecule has 0 spiro atoms. The minimum Gasteiger partial charge on any atom is -0.467 e. The predicted molar refractivity (Wildman–Crippen MR) is 106 cm³/mol. The molecule has 3 aromatic rings. The van der Waals surface area contributed by atoms with Crippen molar-refractivity contribution in [1.29, 1.82) is 0 Å². The Morgan fingerprint density at radius 1 is 1.15 bits per heavy atom. The molecule has 1 aliphatic rings. The van der Waals surface area contributed by atoms with Crippen LogP contribution >= 0.6 is 11.3 Å². The van der Waals surface area contributed by atoms with Crippen molar-refractivity contribution in [2.45, 2.75) is 37.7 Å². The monoisotopic (exact) mass is 403 g/mol. The molecule has 0 amide bonds. The van der Waals surface area contributed by atoms with Gasteiger partial charge in [0.05, 0.1) is 10.2 Å². The normalized spacial score (nSPS) is 16.7. The number of benzene rings is 1. The van der Waals surface area contributed by atoms with Gasteiger partial charge in [0.1, 0.15) is 11.0 Å². The highest BCUT2D eigenvalue weighted by Crippen LogP contribution is 2.34. The molecule has 2 aromatic heterocycles. The zero-order valence-corrected chi connectivity index (χ0v) is 16.9. The summed E-state index contributed by atoms with van der Waals surface area (Å²) >= 11 is 1.56. The Bertz CT molecular complexity index is 1020. The topological polar surface area (TPSA) is 72.4 Å². The number of nitrogens with zero attached hydrogens (tertiary/aromatic N) is 3. The van der Waals surface area contributed by atoms with E-state index in [9.17, 15) is 8.42 Å². The lowest BCUT2D eigenvalue weighted by Gasteiger charge is -2.30. The quantitative estimate of drug-likeness (QED) is 0.666. The van der Waals surface area contributed by atoms with Crippen LogP contribution in [0.15, 0.2) is 41.6 Å². The minimum atomic E-state index is -3.49. The molecule has 1 saturated heterocycles. The van der Waals surface area contributed by atoms with Gasteiger partial charge in [0.15, 0.2) is 0 Å². The fourth-order valence-electron chi connectivity index (χ4n) is 3.27. The van der Waals surface area contributed by atoms with Crippen LogP contribution in [0.2, 0.25) is 0 Å². The molecule has 0 unspecified atom stereocenters. The van der Waals surface area contributed by atoms with Crippen molar-refractivity contribution < 1.29 is 13.2 Å². The predicted octanol–water partition coefficient (Wildman–Crippen LogP) is 3.54. The summed E-state index contributed by atoms with van der Waals surface area (Å²) in [6.45, 7) is 4.99. The lowest BCUT2D eigenvalue weighted by molar-refractivity contribution is 0.135. The van der Waals surface area contributed by atoms with Crippen molar-refractivity contribution in [2.75, 3.05) is 13.1 Å². The maximum absolute atomic E-state index is 12.7. The van der Waals surface area contributed by atoms with Gasteiger partial charge < -0.3 is 4.74 Å². The number of aryl methyl sites for hydroxylation is 2. The summed E-state index contributed by atoms with van der Waals surface area (Å²) in [5.41, 5.74) is 3.33. The van der Waals surface area contributed by atoms with E-state index in [2.05, 4.69) is 29.0 Å². The summed E-state index contributed by atoms with van der Waals surface area (Å²) in [7, 11) is -3.49. The molecule has 1 fully saturated rings. The van der Waals surface area contributed by atoms with Crippen molar-refractivity contribution >= 4 is 31.6 Å². The van der Waals surface area contributed by atoms with Gasteiger partial charge in [-0.25, -0.2) is 13.4 Å². The molecule has 0 radical (unpaired) electrons. The molecule has 0 N–H and O–H groups in total. The Morgan fingerprint density at radius 2 is 1.89 bits per heavy atom. The lowest BCUT2D eigenvalue weighted by atomic mass is 10.1. The SMILES string of the molecule is Cc1ccc(C)c2sc(OC3CCN(S(=O)(=O)c4cccnc4)CC3)nc12. The van der Waals surface area contributed by atoms with Crippen LogP contribution in [0.1, 0.15) is 24.0 Å². The van der Waals surface area contributed by atoms with Gasteiger partial charge in [0.2, 0.25) is 10.0 Å². The van der Waals surface area contributed by atoms with Crippen molar-refractivity contribution in [3.63, 3.8) is 0 Å². The third-order valence-corrected chi connectivity index (χ3v) is 7.83. The Balaban J connectivity index is 1.44. The molecule has 1 aliphatic heterocycles. The first kappa shape index (κ1) is 18.3. The van der Waals surface area contributed by atoms with Gasteiger partial charge in [-0.15, -0.1) is 0 Å². The second-order valence-electron chi connectivity index (χ2n) is 6.77. The Kier molecular flexibility index (Phi) is 4.88. The molecular weight excluding hydrogens is 382 g/mol. The number of fused-ring (bicyclic) bond motifs is 1. The standard InChI is InChI=1S/C19H21N3O3S2/c1-13-5-6-14(2)18-17(13)21-19(26-18)25-15-7-10-22(11-8-15)27(23,24)16-4-3-9-20-12-16/h3-6,9,12,15H,7-8,10-11H2,1-2H3. The molecule has 6 nitrogen and oxygen atoms in total. The number of pyridine rings is 1. The number of rotatable bonds is 4. The molecule has 0 aliphatic carbocycles. The summed E-state index contributed by atoms with van der Waals surface area (Å²) in [5, 5.41) is 0.663. The fraction of sp³-hybridized carbons (Fsp3) is 0.368. The smallest absolute Gasteiger partial charge is 0.274 e. The number of sulfonamides is 1. The molecule has 0 saturated carbocycles. The maximum atomic E-state index is 12.7.